The number of carbonyl (C=O) groups is 1. The van der Waals surface area contributed by atoms with E-state index in [0.29, 0.717) is 12.1 Å². The van der Waals surface area contributed by atoms with E-state index in [1.165, 1.54) is 12.3 Å². The zero-order valence-corrected chi connectivity index (χ0v) is 13.1. The lowest BCUT2D eigenvalue weighted by Gasteiger charge is -2.19. The van der Waals surface area contributed by atoms with Crippen molar-refractivity contribution in [1.82, 2.24) is 5.32 Å². The lowest BCUT2D eigenvalue weighted by atomic mass is 9.99. The molecule has 3 N–H and O–H groups in total. The Morgan fingerprint density at radius 2 is 1.96 bits per heavy atom. The van der Waals surface area contributed by atoms with Crippen LogP contribution < -0.4 is 5.32 Å². The van der Waals surface area contributed by atoms with Crippen LogP contribution in [0.5, 0.6) is 0 Å². The number of nitrogens with one attached hydrogen (secondary N) is 2. The molecule has 0 saturated carbocycles. The third-order valence-electron chi connectivity index (χ3n) is 3.12. The Labute approximate surface area is 137 Å². The van der Waals surface area contributed by atoms with Crippen molar-refractivity contribution < 1.29 is 27.8 Å². The topological polar surface area (TPSA) is 82.4 Å². The standard InChI is InChI=1S/C16H19F3N2O3/c1-2-24-14(22)5-4-13(21-7-3-6-20)16(23)15-11(18)8-10(17)9-12(15)19/h3,6-9,13-14,20-22H,2,4-5H2,1H3/b7-3-,20-6?. The van der Waals surface area contributed by atoms with E-state index in [-0.39, 0.29) is 19.4 Å². The number of Topliss-reactive ketones (excluding diaryl/α,β-unsaturated/α-hetero) is 1. The first-order chi connectivity index (χ1) is 11.4. The van der Waals surface area contributed by atoms with E-state index in [0.717, 1.165) is 6.21 Å². The van der Waals surface area contributed by atoms with Crippen LogP contribution in [0, 0.1) is 22.9 Å². The number of allylic oxidation sites excluding steroid dienone is 1. The highest BCUT2D eigenvalue weighted by molar-refractivity contribution is 6.00. The van der Waals surface area contributed by atoms with E-state index in [4.69, 9.17) is 10.1 Å². The van der Waals surface area contributed by atoms with Crippen molar-refractivity contribution in [2.75, 3.05) is 6.61 Å². The van der Waals surface area contributed by atoms with Crippen molar-refractivity contribution in [2.45, 2.75) is 32.1 Å². The summed E-state index contributed by atoms with van der Waals surface area (Å²) in [4.78, 5) is 12.4. The quantitative estimate of drug-likeness (QED) is 0.346. The van der Waals surface area contributed by atoms with Gasteiger partial charge in [-0.05, 0) is 25.6 Å². The minimum Gasteiger partial charge on any atom is -0.381 e. The zero-order valence-electron chi connectivity index (χ0n) is 13.1. The molecule has 2 unspecified atom stereocenters. The van der Waals surface area contributed by atoms with Gasteiger partial charge in [0.25, 0.3) is 0 Å². The number of hydrogen-bond donors (Lipinski definition) is 3. The molecule has 0 aliphatic carbocycles. The summed E-state index contributed by atoms with van der Waals surface area (Å²) in [6.07, 6.45) is 2.42. The second-order valence-electron chi connectivity index (χ2n) is 4.84. The molecule has 0 radical (unpaired) electrons. The highest BCUT2D eigenvalue weighted by Crippen LogP contribution is 2.18. The predicted octanol–water partition coefficient (Wildman–Crippen LogP) is 2.54. The van der Waals surface area contributed by atoms with Gasteiger partial charge in [0.1, 0.15) is 17.5 Å². The van der Waals surface area contributed by atoms with Crippen molar-refractivity contribution in [3.05, 3.63) is 47.4 Å². The molecule has 5 nitrogen and oxygen atoms in total. The van der Waals surface area contributed by atoms with Crippen LogP contribution in [0.1, 0.15) is 30.1 Å². The van der Waals surface area contributed by atoms with Crippen molar-refractivity contribution in [2.24, 2.45) is 0 Å². The first-order valence-corrected chi connectivity index (χ1v) is 7.30. The Morgan fingerprint density at radius 1 is 1.33 bits per heavy atom. The molecule has 0 amide bonds. The van der Waals surface area contributed by atoms with E-state index in [1.807, 2.05) is 0 Å². The summed E-state index contributed by atoms with van der Waals surface area (Å²) in [5.74, 6) is -4.65. The number of halogens is 3. The molecule has 2 atom stereocenters. The summed E-state index contributed by atoms with van der Waals surface area (Å²) < 4.78 is 45.4. The molecular formula is C16H19F3N2O3. The third-order valence-corrected chi connectivity index (χ3v) is 3.12. The number of ketones is 1. The van der Waals surface area contributed by atoms with E-state index in [9.17, 15) is 23.1 Å². The molecule has 1 rings (SSSR count). The fourth-order valence-electron chi connectivity index (χ4n) is 2.05. The maximum absolute atomic E-state index is 13.8. The summed E-state index contributed by atoms with van der Waals surface area (Å²) in [6, 6.07) is -0.225. The van der Waals surface area contributed by atoms with Gasteiger partial charge in [0.15, 0.2) is 12.1 Å². The van der Waals surface area contributed by atoms with Crippen LogP contribution >= 0.6 is 0 Å². The number of hydrogen-bond acceptors (Lipinski definition) is 5. The molecule has 0 aliphatic heterocycles. The number of aliphatic hydroxyl groups is 1. The monoisotopic (exact) mass is 344 g/mol. The summed E-state index contributed by atoms with van der Waals surface area (Å²) >= 11 is 0. The average molecular weight is 344 g/mol. The fraction of sp³-hybridized carbons (Fsp3) is 0.375. The summed E-state index contributed by atoms with van der Waals surface area (Å²) in [6.45, 7) is 1.95. The van der Waals surface area contributed by atoms with Gasteiger partial charge in [-0.25, -0.2) is 13.2 Å². The molecule has 24 heavy (non-hydrogen) atoms. The lowest BCUT2D eigenvalue weighted by molar-refractivity contribution is -0.0996. The van der Waals surface area contributed by atoms with Crippen molar-refractivity contribution >= 4 is 12.0 Å². The second-order valence-corrected chi connectivity index (χ2v) is 4.84. The maximum Gasteiger partial charge on any atom is 0.190 e. The molecule has 0 bridgehead atoms. The van der Waals surface area contributed by atoms with Gasteiger partial charge in [-0.2, -0.15) is 0 Å². The molecule has 1 aromatic carbocycles. The van der Waals surface area contributed by atoms with Crippen LogP contribution in [-0.4, -0.2) is 36.0 Å². The maximum atomic E-state index is 13.8. The van der Waals surface area contributed by atoms with Gasteiger partial charge in [-0.3, -0.25) is 4.79 Å². The Bertz CT molecular complexity index is 585. The van der Waals surface area contributed by atoms with Crippen molar-refractivity contribution in [3.63, 3.8) is 0 Å². The molecule has 8 heteroatoms. The molecule has 0 fully saturated rings. The SMILES string of the molecule is CCOC(O)CCC(N/C=C\C=N)C(=O)c1c(F)cc(F)cc1F. The molecule has 1 aromatic rings. The first-order valence-electron chi connectivity index (χ1n) is 7.30. The molecule has 0 saturated heterocycles. The molecule has 0 aliphatic rings. The van der Waals surface area contributed by atoms with E-state index in [2.05, 4.69) is 5.32 Å². The van der Waals surface area contributed by atoms with Gasteiger partial charge in [-0.15, -0.1) is 0 Å². The number of aliphatic hydroxyl groups excluding tert-OH is 1. The molecule has 0 spiro atoms. The van der Waals surface area contributed by atoms with Crippen LogP contribution in [0.3, 0.4) is 0 Å². The van der Waals surface area contributed by atoms with Gasteiger partial charge in [-0.1, -0.05) is 0 Å². The Balaban J connectivity index is 2.98. The smallest absolute Gasteiger partial charge is 0.190 e. The molecule has 132 valence electrons. The highest BCUT2D eigenvalue weighted by atomic mass is 19.1. The van der Waals surface area contributed by atoms with Crippen molar-refractivity contribution in [1.29, 1.82) is 5.41 Å². The van der Waals surface area contributed by atoms with Gasteiger partial charge in [0, 0.05) is 31.4 Å². The van der Waals surface area contributed by atoms with E-state index < -0.39 is 41.1 Å². The van der Waals surface area contributed by atoms with Gasteiger partial charge >= 0.3 is 0 Å². The minimum atomic E-state index is -1.30. The fourth-order valence-corrected chi connectivity index (χ4v) is 2.05. The van der Waals surface area contributed by atoms with Gasteiger partial charge in [0.05, 0.1) is 11.6 Å². The van der Waals surface area contributed by atoms with E-state index in [1.54, 1.807) is 6.92 Å². The minimum absolute atomic E-state index is 0.0125. The Kier molecular flexibility index (Phi) is 8.14. The number of carbonyl (C=O) groups excluding carboxylic acids is 1. The largest absolute Gasteiger partial charge is 0.381 e. The first kappa shape index (κ1) is 19.9. The average Bonchev–Trinajstić information content (AvgIpc) is 2.49. The highest BCUT2D eigenvalue weighted by Gasteiger charge is 2.26. The third kappa shape index (κ3) is 5.78. The normalized spacial score (nSPS) is 13.7. The number of rotatable bonds is 10. The number of ether oxygens (including phenoxy) is 1. The van der Waals surface area contributed by atoms with Crippen LogP contribution in [0.2, 0.25) is 0 Å². The summed E-state index contributed by atoms with van der Waals surface area (Å²) in [7, 11) is 0. The van der Waals surface area contributed by atoms with Crippen LogP contribution in [-0.2, 0) is 4.74 Å². The molecular weight excluding hydrogens is 325 g/mol. The van der Waals surface area contributed by atoms with E-state index >= 15 is 0 Å². The second kappa shape index (κ2) is 9.84. The molecule has 0 aromatic heterocycles. The Hall–Kier alpha value is -2.19. The molecule has 0 heterocycles. The van der Waals surface area contributed by atoms with Crippen LogP contribution in [0.4, 0.5) is 13.2 Å². The van der Waals surface area contributed by atoms with Gasteiger partial charge < -0.3 is 20.6 Å². The van der Waals surface area contributed by atoms with Crippen LogP contribution in [0.25, 0.3) is 0 Å². The Morgan fingerprint density at radius 3 is 2.50 bits per heavy atom. The van der Waals surface area contributed by atoms with Crippen molar-refractivity contribution in [3.8, 4) is 0 Å². The summed E-state index contributed by atoms with van der Waals surface area (Å²) in [5.41, 5.74) is -0.858. The lowest BCUT2D eigenvalue weighted by Crippen LogP contribution is -2.35. The van der Waals surface area contributed by atoms with Crippen LogP contribution in [0.15, 0.2) is 24.4 Å². The zero-order chi connectivity index (χ0) is 18.1. The van der Waals surface area contributed by atoms with Gasteiger partial charge in [0.2, 0.25) is 0 Å². The predicted molar refractivity (Wildman–Crippen MR) is 82.4 cm³/mol. The summed E-state index contributed by atoms with van der Waals surface area (Å²) in [5, 5.41) is 19.0. The number of benzene rings is 1.